The average Bonchev–Trinajstić information content (AvgIpc) is 2.53. The lowest BCUT2D eigenvalue weighted by Gasteiger charge is -2.10. The molecule has 3 aromatic rings. The maximum absolute atomic E-state index is 6.22. The third-order valence-corrected chi connectivity index (χ3v) is 4.57. The second-order valence-corrected chi connectivity index (χ2v) is 6.84. The fourth-order valence-corrected chi connectivity index (χ4v) is 3.03. The van der Waals surface area contributed by atoms with E-state index >= 15 is 0 Å². The number of hydrogen-bond donors (Lipinski definition) is 2. The molecule has 1 aromatic heterocycles. The highest BCUT2D eigenvalue weighted by molar-refractivity contribution is 9.10. The highest BCUT2D eigenvalue weighted by Crippen LogP contribution is 2.27. The van der Waals surface area contributed by atoms with Crippen LogP contribution < -0.4 is 11.1 Å². The molecule has 3 rings (SSSR count). The van der Waals surface area contributed by atoms with Gasteiger partial charge < -0.3 is 11.1 Å². The van der Waals surface area contributed by atoms with E-state index in [0.717, 1.165) is 21.4 Å². The molecule has 0 bridgehead atoms. The molecule has 0 spiro atoms. The first-order valence-corrected chi connectivity index (χ1v) is 8.65. The van der Waals surface area contributed by atoms with Crippen LogP contribution in [0.2, 0.25) is 10.0 Å². The third kappa shape index (κ3) is 4.17. The standard InChI is InChI=1S/C17H13BrCl2N4/c18-10-4-6-11(7-5-10)22-16-9-12(23-17(21)24-16)8-13-14(19)2-1-3-15(13)20/h1-7,9H,8H2,(H3,21,22,23,24). The quantitative estimate of drug-likeness (QED) is 0.584. The molecule has 7 heteroatoms. The molecule has 0 saturated carbocycles. The van der Waals surface area contributed by atoms with Crippen LogP contribution >= 0.6 is 39.1 Å². The van der Waals surface area contributed by atoms with Gasteiger partial charge >= 0.3 is 0 Å². The van der Waals surface area contributed by atoms with Gasteiger partial charge in [0.1, 0.15) is 5.82 Å². The summed E-state index contributed by atoms with van der Waals surface area (Å²) in [5, 5.41) is 4.41. The normalized spacial score (nSPS) is 10.6. The molecule has 0 fully saturated rings. The van der Waals surface area contributed by atoms with Crippen LogP contribution in [-0.4, -0.2) is 9.97 Å². The molecule has 24 heavy (non-hydrogen) atoms. The summed E-state index contributed by atoms with van der Waals surface area (Å²) in [6.45, 7) is 0. The Morgan fingerprint density at radius 3 is 2.33 bits per heavy atom. The van der Waals surface area contributed by atoms with Crippen molar-refractivity contribution in [3.63, 3.8) is 0 Å². The number of benzene rings is 2. The van der Waals surface area contributed by atoms with Crippen LogP contribution in [0.4, 0.5) is 17.5 Å². The van der Waals surface area contributed by atoms with Gasteiger partial charge in [0.25, 0.3) is 0 Å². The molecule has 1 heterocycles. The lowest BCUT2D eigenvalue weighted by atomic mass is 10.1. The minimum Gasteiger partial charge on any atom is -0.368 e. The van der Waals surface area contributed by atoms with Crippen LogP contribution in [0.25, 0.3) is 0 Å². The smallest absolute Gasteiger partial charge is 0.222 e. The lowest BCUT2D eigenvalue weighted by Crippen LogP contribution is -2.04. The second-order valence-electron chi connectivity index (χ2n) is 5.11. The first kappa shape index (κ1) is 17.0. The summed E-state index contributed by atoms with van der Waals surface area (Å²) in [5.74, 6) is 0.804. The molecule has 2 aromatic carbocycles. The largest absolute Gasteiger partial charge is 0.368 e. The van der Waals surface area contributed by atoms with Gasteiger partial charge in [0.05, 0.1) is 5.69 Å². The van der Waals surface area contributed by atoms with Gasteiger partial charge in [-0.3, -0.25) is 0 Å². The summed E-state index contributed by atoms with van der Waals surface area (Å²) < 4.78 is 1.00. The zero-order chi connectivity index (χ0) is 17.1. The molecule has 122 valence electrons. The third-order valence-electron chi connectivity index (χ3n) is 3.33. The van der Waals surface area contributed by atoms with E-state index < -0.39 is 0 Å². The van der Waals surface area contributed by atoms with E-state index in [1.165, 1.54) is 0 Å². The monoisotopic (exact) mass is 422 g/mol. The molecule has 0 aliphatic heterocycles. The van der Waals surface area contributed by atoms with Crippen LogP contribution in [0.1, 0.15) is 11.3 Å². The molecule has 4 nitrogen and oxygen atoms in total. The predicted octanol–water partition coefficient (Wildman–Crippen LogP) is 5.46. The Morgan fingerprint density at radius 2 is 1.67 bits per heavy atom. The SMILES string of the molecule is Nc1nc(Cc2c(Cl)cccc2Cl)cc(Nc2ccc(Br)cc2)n1. The summed E-state index contributed by atoms with van der Waals surface area (Å²) in [4.78, 5) is 8.48. The molecule has 0 unspecified atom stereocenters. The first-order valence-electron chi connectivity index (χ1n) is 7.10. The lowest BCUT2D eigenvalue weighted by molar-refractivity contribution is 1.04. The summed E-state index contributed by atoms with van der Waals surface area (Å²) >= 11 is 15.9. The zero-order valence-corrected chi connectivity index (χ0v) is 15.5. The summed E-state index contributed by atoms with van der Waals surface area (Å²) in [6, 6.07) is 15.0. The van der Waals surface area contributed by atoms with Gasteiger partial charge in [-0.25, -0.2) is 4.98 Å². The maximum Gasteiger partial charge on any atom is 0.222 e. The fraction of sp³-hybridized carbons (Fsp3) is 0.0588. The Labute approximate surface area is 158 Å². The number of halogens is 3. The summed E-state index contributed by atoms with van der Waals surface area (Å²) in [6.07, 6.45) is 0.472. The molecule has 0 atom stereocenters. The number of nitrogens with zero attached hydrogens (tertiary/aromatic N) is 2. The van der Waals surface area contributed by atoms with Crippen molar-refractivity contribution in [1.82, 2.24) is 9.97 Å². The van der Waals surface area contributed by atoms with Gasteiger partial charge in [-0.1, -0.05) is 45.2 Å². The Balaban J connectivity index is 1.87. The highest BCUT2D eigenvalue weighted by atomic mass is 79.9. The van der Waals surface area contributed by atoms with E-state index in [1.807, 2.05) is 36.4 Å². The van der Waals surface area contributed by atoms with Crippen molar-refractivity contribution < 1.29 is 0 Å². The first-order chi connectivity index (χ1) is 11.5. The Kier molecular flexibility index (Phi) is 5.23. The fourth-order valence-electron chi connectivity index (χ4n) is 2.24. The van der Waals surface area contributed by atoms with Crippen LogP contribution in [0.15, 0.2) is 53.0 Å². The number of hydrogen-bond acceptors (Lipinski definition) is 4. The van der Waals surface area contributed by atoms with E-state index in [1.54, 1.807) is 12.1 Å². The van der Waals surface area contributed by atoms with E-state index in [0.29, 0.717) is 22.3 Å². The molecule has 0 radical (unpaired) electrons. The van der Waals surface area contributed by atoms with E-state index in [9.17, 15) is 0 Å². The average molecular weight is 424 g/mol. The zero-order valence-electron chi connectivity index (χ0n) is 12.4. The van der Waals surface area contributed by atoms with Gasteiger partial charge in [0.15, 0.2) is 0 Å². The molecule has 0 aliphatic carbocycles. The second kappa shape index (κ2) is 7.38. The minimum atomic E-state index is 0.190. The molecular formula is C17H13BrCl2N4. The van der Waals surface area contributed by atoms with Crippen LogP contribution in [0.3, 0.4) is 0 Å². The van der Waals surface area contributed by atoms with Gasteiger partial charge in [-0.15, -0.1) is 0 Å². The van der Waals surface area contributed by atoms with Crippen LogP contribution in [-0.2, 0) is 6.42 Å². The Bertz CT molecular complexity index is 849. The Hall–Kier alpha value is -1.82. The maximum atomic E-state index is 6.22. The van der Waals surface area contributed by atoms with Crippen LogP contribution in [0, 0.1) is 0 Å². The van der Waals surface area contributed by atoms with Gasteiger partial charge in [-0.2, -0.15) is 4.98 Å². The molecular weight excluding hydrogens is 411 g/mol. The van der Waals surface area contributed by atoms with Crippen LogP contribution in [0.5, 0.6) is 0 Å². The number of aromatic nitrogens is 2. The predicted molar refractivity (Wildman–Crippen MR) is 103 cm³/mol. The van der Waals surface area contributed by atoms with Gasteiger partial charge in [-0.05, 0) is 42.0 Å². The van der Waals surface area contributed by atoms with Crippen molar-refractivity contribution in [1.29, 1.82) is 0 Å². The molecule has 3 N–H and O–H groups in total. The van der Waals surface area contributed by atoms with Crippen molar-refractivity contribution in [3.8, 4) is 0 Å². The number of nitrogen functional groups attached to an aromatic ring is 1. The number of nitrogens with one attached hydrogen (secondary N) is 1. The van der Waals surface area contributed by atoms with Crippen molar-refractivity contribution >= 4 is 56.6 Å². The molecule has 0 aliphatic rings. The van der Waals surface area contributed by atoms with Gasteiger partial charge in [0, 0.05) is 32.7 Å². The molecule has 0 amide bonds. The molecule has 0 saturated heterocycles. The number of rotatable bonds is 4. The van der Waals surface area contributed by atoms with Crippen molar-refractivity contribution in [2.45, 2.75) is 6.42 Å². The van der Waals surface area contributed by atoms with E-state index in [4.69, 9.17) is 28.9 Å². The van der Waals surface area contributed by atoms with Gasteiger partial charge in [0.2, 0.25) is 5.95 Å². The van der Waals surface area contributed by atoms with Crippen molar-refractivity contribution in [3.05, 3.63) is 74.3 Å². The summed E-state index contributed by atoms with van der Waals surface area (Å²) in [5.41, 5.74) is 8.28. The minimum absolute atomic E-state index is 0.190. The van der Waals surface area contributed by atoms with E-state index in [-0.39, 0.29) is 5.95 Å². The number of anilines is 3. The number of nitrogens with two attached hydrogens (primary N) is 1. The van der Waals surface area contributed by atoms with Crippen molar-refractivity contribution in [2.24, 2.45) is 0 Å². The summed E-state index contributed by atoms with van der Waals surface area (Å²) in [7, 11) is 0. The van der Waals surface area contributed by atoms with Crippen molar-refractivity contribution in [2.75, 3.05) is 11.1 Å². The highest BCUT2D eigenvalue weighted by Gasteiger charge is 2.10. The van der Waals surface area contributed by atoms with E-state index in [2.05, 4.69) is 31.2 Å². The Morgan fingerprint density at radius 1 is 1.00 bits per heavy atom. The topological polar surface area (TPSA) is 63.8 Å².